The van der Waals surface area contributed by atoms with Crippen LogP contribution in [0.1, 0.15) is 11.1 Å². The second kappa shape index (κ2) is 4.89. The zero-order valence-corrected chi connectivity index (χ0v) is 9.31. The van der Waals surface area contributed by atoms with Crippen LogP contribution in [0, 0.1) is 6.92 Å². The molecule has 0 aromatic heterocycles. The lowest BCUT2D eigenvalue weighted by molar-refractivity contribution is 0.304. The quantitative estimate of drug-likeness (QED) is 0.703. The van der Waals surface area contributed by atoms with E-state index in [9.17, 15) is 0 Å². The average Bonchev–Trinajstić information content (AvgIpc) is 2.29. The molecule has 0 aliphatic rings. The van der Waals surface area contributed by atoms with Crippen molar-refractivity contribution in [2.24, 2.45) is 0 Å². The van der Waals surface area contributed by atoms with Crippen LogP contribution in [-0.2, 0) is 6.61 Å². The Kier molecular flexibility index (Phi) is 3.30. The number of hydrogen-bond donors (Lipinski definition) is 0. The summed E-state index contributed by atoms with van der Waals surface area (Å²) in [5, 5.41) is 0. The molecular formula is C14H13BO. The van der Waals surface area contributed by atoms with E-state index in [2.05, 4.69) is 0 Å². The molecule has 2 rings (SSSR count). The number of hydrogen-bond acceptors (Lipinski definition) is 1. The zero-order valence-electron chi connectivity index (χ0n) is 9.31. The van der Waals surface area contributed by atoms with Crippen LogP contribution in [0.3, 0.4) is 0 Å². The largest absolute Gasteiger partial charge is 0.489 e. The summed E-state index contributed by atoms with van der Waals surface area (Å²) in [6, 6.07) is 15.8. The Labute approximate surface area is 97.5 Å². The maximum absolute atomic E-state index is 5.72. The second-order valence-corrected chi connectivity index (χ2v) is 3.80. The Bertz CT molecular complexity index is 465. The van der Waals surface area contributed by atoms with Gasteiger partial charge in [-0.15, -0.1) is 0 Å². The minimum absolute atomic E-state index is 0.589. The van der Waals surface area contributed by atoms with Crippen molar-refractivity contribution < 1.29 is 4.74 Å². The molecule has 0 N–H and O–H groups in total. The minimum atomic E-state index is 0.589. The molecule has 0 amide bonds. The molecule has 0 saturated heterocycles. The fraction of sp³-hybridized carbons (Fsp3) is 0.143. The number of rotatable bonds is 3. The van der Waals surface area contributed by atoms with Crippen molar-refractivity contribution in [3.8, 4) is 5.75 Å². The first-order valence-corrected chi connectivity index (χ1v) is 5.28. The molecule has 0 spiro atoms. The highest BCUT2D eigenvalue weighted by Crippen LogP contribution is 2.16. The van der Waals surface area contributed by atoms with Gasteiger partial charge < -0.3 is 4.74 Å². The van der Waals surface area contributed by atoms with Crippen LogP contribution in [0.25, 0.3) is 0 Å². The predicted molar refractivity (Wildman–Crippen MR) is 67.3 cm³/mol. The van der Waals surface area contributed by atoms with E-state index < -0.39 is 0 Å². The fourth-order valence-electron chi connectivity index (χ4n) is 1.57. The van der Waals surface area contributed by atoms with Crippen LogP contribution in [0.5, 0.6) is 5.75 Å². The van der Waals surface area contributed by atoms with Crippen LogP contribution in [0.2, 0.25) is 0 Å². The molecule has 0 bridgehead atoms. The molecule has 1 nitrogen and oxygen atoms in total. The van der Waals surface area contributed by atoms with E-state index in [4.69, 9.17) is 12.6 Å². The highest BCUT2D eigenvalue weighted by molar-refractivity contribution is 6.32. The molecule has 2 aromatic carbocycles. The molecule has 2 aromatic rings. The number of aryl methyl sites for hydroxylation is 1. The highest BCUT2D eigenvalue weighted by Gasteiger charge is 1.99. The number of benzene rings is 2. The zero-order chi connectivity index (χ0) is 11.4. The second-order valence-electron chi connectivity index (χ2n) is 3.80. The summed E-state index contributed by atoms with van der Waals surface area (Å²) < 4.78 is 5.72. The van der Waals surface area contributed by atoms with E-state index in [1.165, 1.54) is 5.56 Å². The first-order valence-electron chi connectivity index (χ1n) is 5.28. The van der Waals surface area contributed by atoms with Gasteiger partial charge in [-0.25, -0.2) is 0 Å². The Morgan fingerprint density at radius 3 is 2.50 bits per heavy atom. The topological polar surface area (TPSA) is 9.23 Å². The molecule has 16 heavy (non-hydrogen) atoms. The molecule has 0 fully saturated rings. The van der Waals surface area contributed by atoms with Gasteiger partial charge in [-0.1, -0.05) is 47.9 Å². The Balaban J connectivity index is 2.05. The van der Waals surface area contributed by atoms with Gasteiger partial charge in [0, 0.05) is 0 Å². The van der Waals surface area contributed by atoms with Crippen molar-refractivity contribution in [3.05, 3.63) is 59.7 Å². The molecule has 2 radical (unpaired) electrons. The summed E-state index contributed by atoms with van der Waals surface area (Å²) in [6.07, 6.45) is 0. The molecule has 0 unspecified atom stereocenters. The smallest absolute Gasteiger partial charge is 0.122 e. The molecule has 0 saturated carbocycles. The Hall–Kier alpha value is -1.70. The van der Waals surface area contributed by atoms with E-state index in [1.54, 1.807) is 0 Å². The van der Waals surface area contributed by atoms with E-state index in [0.717, 1.165) is 16.8 Å². The van der Waals surface area contributed by atoms with E-state index >= 15 is 0 Å². The monoisotopic (exact) mass is 208 g/mol. The van der Waals surface area contributed by atoms with Crippen LogP contribution in [0.4, 0.5) is 0 Å². The van der Waals surface area contributed by atoms with Crippen molar-refractivity contribution in [2.45, 2.75) is 13.5 Å². The highest BCUT2D eigenvalue weighted by atomic mass is 16.5. The summed E-state index contributed by atoms with van der Waals surface area (Å²) in [7, 11) is 5.68. The third-order valence-corrected chi connectivity index (χ3v) is 2.44. The average molecular weight is 208 g/mol. The van der Waals surface area contributed by atoms with E-state index in [-0.39, 0.29) is 0 Å². The van der Waals surface area contributed by atoms with Crippen molar-refractivity contribution in [1.82, 2.24) is 0 Å². The summed E-state index contributed by atoms with van der Waals surface area (Å²) in [5.74, 6) is 0.887. The summed E-state index contributed by atoms with van der Waals surface area (Å²) in [4.78, 5) is 0. The molecule has 78 valence electrons. The van der Waals surface area contributed by atoms with Gasteiger partial charge in [-0.05, 0) is 24.1 Å². The normalized spacial score (nSPS) is 10.1. The minimum Gasteiger partial charge on any atom is -0.489 e. The van der Waals surface area contributed by atoms with Crippen LogP contribution < -0.4 is 10.2 Å². The first-order chi connectivity index (χ1) is 7.75. The molecule has 0 aliphatic heterocycles. The van der Waals surface area contributed by atoms with Gasteiger partial charge in [0.25, 0.3) is 0 Å². The lowest BCUT2D eigenvalue weighted by Crippen LogP contribution is -2.04. The van der Waals surface area contributed by atoms with Gasteiger partial charge in [-0.2, -0.15) is 0 Å². The van der Waals surface area contributed by atoms with E-state index in [0.29, 0.717) is 6.61 Å². The summed E-state index contributed by atoms with van der Waals surface area (Å²) in [5.41, 5.74) is 3.00. The third kappa shape index (κ3) is 2.66. The van der Waals surface area contributed by atoms with Crippen LogP contribution in [-0.4, -0.2) is 7.85 Å². The molecule has 0 aliphatic carbocycles. The molecule has 2 heteroatoms. The summed E-state index contributed by atoms with van der Waals surface area (Å²) in [6.45, 7) is 2.59. The van der Waals surface area contributed by atoms with E-state index in [1.807, 2.05) is 55.5 Å². The van der Waals surface area contributed by atoms with Crippen molar-refractivity contribution >= 4 is 13.3 Å². The van der Waals surface area contributed by atoms with Gasteiger partial charge in [0.05, 0.1) is 0 Å². The number of ether oxygens (including phenoxy) is 1. The molecular weight excluding hydrogens is 195 g/mol. The lowest BCUT2D eigenvalue weighted by Gasteiger charge is -2.09. The predicted octanol–water partition coefficient (Wildman–Crippen LogP) is 2.37. The standard InChI is InChI=1S/C14H13BO/c1-11-9-13(15)7-8-14(11)16-10-12-5-3-2-4-6-12/h2-9H,10H2,1H3. The van der Waals surface area contributed by atoms with Crippen molar-refractivity contribution in [1.29, 1.82) is 0 Å². The maximum atomic E-state index is 5.72. The van der Waals surface area contributed by atoms with Crippen LogP contribution in [0.15, 0.2) is 48.5 Å². The third-order valence-electron chi connectivity index (χ3n) is 2.44. The van der Waals surface area contributed by atoms with Crippen LogP contribution >= 0.6 is 0 Å². The van der Waals surface area contributed by atoms with Gasteiger partial charge in [0.1, 0.15) is 20.2 Å². The van der Waals surface area contributed by atoms with Gasteiger partial charge >= 0.3 is 0 Å². The fourth-order valence-corrected chi connectivity index (χ4v) is 1.57. The molecule has 0 atom stereocenters. The van der Waals surface area contributed by atoms with Gasteiger partial charge in [0.2, 0.25) is 0 Å². The summed E-state index contributed by atoms with van der Waals surface area (Å²) >= 11 is 0. The van der Waals surface area contributed by atoms with Gasteiger partial charge in [0.15, 0.2) is 0 Å². The van der Waals surface area contributed by atoms with Gasteiger partial charge in [-0.3, -0.25) is 0 Å². The molecule has 0 heterocycles. The Morgan fingerprint density at radius 2 is 1.81 bits per heavy atom. The maximum Gasteiger partial charge on any atom is 0.122 e. The lowest BCUT2D eigenvalue weighted by atomic mass is 9.94. The Morgan fingerprint density at radius 1 is 1.06 bits per heavy atom. The first kappa shape index (κ1) is 10.8. The van der Waals surface area contributed by atoms with Crippen molar-refractivity contribution in [3.63, 3.8) is 0 Å². The SMILES string of the molecule is [B]c1ccc(OCc2ccccc2)c(C)c1. The van der Waals surface area contributed by atoms with Crippen molar-refractivity contribution in [2.75, 3.05) is 0 Å².